The van der Waals surface area contributed by atoms with Gasteiger partial charge in [-0.05, 0) is 38.3 Å². The van der Waals surface area contributed by atoms with Crippen LogP contribution in [0.25, 0.3) is 10.2 Å². The van der Waals surface area contributed by atoms with Crippen LogP contribution in [0.4, 0.5) is 11.4 Å². The number of aromatic nitrogens is 1. The summed E-state index contributed by atoms with van der Waals surface area (Å²) in [4.78, 5) is 6.82. The number of rotatable bonds is 4. The Morgan fingerprint density at radius 1 is 1.32 bits per heavy atom. The first kappa shape index (κ1) is 14.1. The average Bonchev–Trinajstić information content (AvgIpc) is 2.65. The van der Waals surface area contributed by atoms with E-state index in [1.54, 1.807) is 11.3 Å². The topological polar surface area (TPSA) is 42.2 Å². The summed E-state index contributed by atoms with van der Waals surface area (Å²) in [5.74, 6) is 0.684. The zero-order valence-corrected chi connectivity index (χ0v) is 13.2. The van der Waals surface area contributed by atoms with Gasteiger partial charge >= 0.3 is 0 Å². The summed E-state index contributed by atoms with van der Waals surface area (Å²) in [6.45, 7) is 8.78. The van der Waals surface area contributed by atoms with Crippen LogP contribution in [0.3, 0.4) is 0 Å². The number of aryl methyl sites for hydroxylation is 1. The number of thiazole rings is 1. The van der Waals surface area contributed by atoms with Crippen LogP contribution in [-0.4, -0.2) is 18.1 Å². The molecule has 1 unspecified atom stereocenters. The van der Waals surface area contributed by atoms with E-state index in [0.29, 0.717) is 12.0 Å². The van der Waals surface area contributed by atoms with Crippen molar-refractivity contribution in [1.29, 1.82) is 0 Å². The van der Waals surface area contributed by atoms with Gasteiger partial charge in [-0.25, -0.2) is 4.98 Å². The van der Waals surface area contributed by atoms with Crippen molar-refractivity contribution in [3.8, 4) is 0 Å². The van der Waals surface area contributed by atoms with Crippen LogP contribution in [0.5, 0.6) is 0 Å². The molecule has 0 spiro atoms. The maximum Gasteiger partial charge on any atom is 0.0907 e. The predicted molar refractivity (Wildman–Crippen MR) is 86.1 cm³/mol. The molecule has 0 fully saturated rings. The standard InChI is InChI=1S/C15H23N3S/c1-9(2)6-10(3)18(5)14-8-13-15(7-12(14)16)19-11(4)17-13/h7-10H,6,16H2,1-5H3. The summed E-state index contributed by atoms with van der Waals surface area (Å²) >= 11 is 1.70. The monoisotopic (exact) mass is 277 g/mol. The maximum absolute atomic E-state index is 6.20. The third kappa shape index (κ3) is 3.00. The van der Waals surface area contributed by atoms with Gasteiger partial charge in [-0.1, -0.05) is 13.8 Å². The Morgan fingerprint density at radius 2 is 2.00 bits per heavy atom. The molecular formula is C15H23N3S. The van der Waals surface area contributed by atoms with Crippen LogP contribution in [0.1, 0.15) is 32.2 Å². The summed E-state index contributed by atoms with van der Waals surface area (Å²) in [6, 6.07) is 4.64. The fourth-order valence-corrected chi connectivity index (χ4v) is 3.33. The van der Waals surface area contributed by atoms with Gasteiger partial charge in [-0.15, -0.1) is 11.3 Å². The van der Waals surface area contributed by atoms with Gasteiger partial charge in [0.2, 0.25) is 0 Å². The molecule has 0 radical (unpaired) electrons. The normalized spacial score (nSPS) is 13.2. The summed E-state index contributed by atoms with van der Waals surface area (Å²) in [5.41, 5.74) is 9.18. The van der Waals surface area contributed by atoms with E-state index in [4.69, 9.17) is 5.73 Å². The first-order valence-electron chi connectivity index (χ1n) is 6.78. The van der Waals surface area contributed by atoms with E-state index in [1.165, 1.54) is 4.70 Å². The third-order valence-electron chi connectivity index (χ3n) is 3.50. The number of fused-ring (bicyclic) bond motifs is 1. The number of nitrogen functional groups attached to an aromatic ring is 1. The fraction of sp³-hybridized carbons (Fsp3) is 0.533. The van der Waals surface area contributed by atoms with Gasteiger partial charge in [-0.3, -0.25) is 0 Å². The lowest BCUT2D eigenvalue weighted by molar-refractivity contribution is 0.504. The van der Waals surface area contributed by atoms with E-state index in [1.807, 2.05) is 13.0 Å². The molecule has 0 aliphatic carbocycles. The molecular weight excluding hydrogens is 254 g/mol. The highest BCUT2D eigenvalue weighted by Gasteiger charge is 2.15. The number of benzene rings is 1. The Balaban J connectivity index is 2.35. The van der Waals surface area contributed by atoms with Crippen molar-refractivity contribution in [3.63, 3.8) is 0 Å². The van der Waals surface area contributed by atoms with Crippen LogP contribution >= 0.6 is 11.3 Å². The van der Waals surface area contributed by atoms with Gasteiger partial charge in [0.15, 0.2) is 0 Å². The average molecular weight is 277 g/mol. The minimum absolute atomic E-state index is 0.472. The van der Waals surface area contributed by atoms with E-state index < -0.39 is 0 Å². The first-order valence-corrected chi connectivity index (χ1v) is 7.59. The Morgan fingerprint density at radius 3 is 2.63 bits per heavy atom. The largest absolute Gasteiger partial charge is 0.397 e. The SMILES string of the molecule is Cc1nc2cc(N(C)C(C)CC(C)C)c(N)cc2s1. The molecule has 19 heavy (non-hydrogen) atoms. The molecule has 2 N–H and O–H groups in total. The second kappa shape index (κ2) is 5.37. The van der Waals surface area contributed by atoms with Crippen molar-refractivity contribution in [3.05, 3.63) is 17.1 Å². The molecule has 0 bridgehead atoms. The number of hydrogen-bond donors (Lipinski definition) is 1. The summed E-state index contributed by atoms with van der Waals surface area (Å²) in [6.07, 6.45) is 1.16. The van der Waals surface area contributed by atoms with E-state index in [9.17, 15) is 0 Å². The second-order valence-corrected chi connectivity index (χ2v) is 6.94. The fourth-order valence-electron chi connectivity index (χ4n) is 2.48. The minimum atomic E-state index is 0.472. The molecule has 0 aliphatic rings. The van der Waals surface area contributed by atoms with Crippen molar-refractivity contribution in [2.45, 2.75) is 40.2 Å². The number of hydrogen-bond acceptors (Lipinski definition) is 4. The Hall–Kier alpha value is -1.29. The number of nitrogens with two attached hydrogens (primary N) is 1. The van der Waals surface area contributed by atoms with E-state index >= 15 is 0 Å². The Labute approximate surface area is 119 Å². The van der Waals surface area contributed by atoms with Crippen LogP contribution in [-0.2, 0) is 0 Å². The van der Waals surface area contributed by atoms with Crippen molar-refractivity contribution in [2.75, 3.05) is 17.7 Å². The molecule has 1 aromatic heterocycles. The van der Waals surface area contributed by atoms with Gasteiger partial charge in [0.1, 0.15) is 0 Å². The number of anilines is 2. The molecule has 4 heteroatoms. The molecule has 104 valence electrons. The van der Waals surface area contributed by atoms with Crippen molar-refractivity contribution < 1.29 is 0 Å². The van der Waals surface area contributed by atoms with Crippen molar-refractivity contribution >= 4 is 32.9 Å². The van der Waals surface area contributed by atoms with Crippen molar-refractivity contribution in [1.82, 2.24) is 4.98 Å². The molecule has 2 aromatic rings. The molecule has 0 aliphatic heterocycles. The zero-order chi connectivity index (χ0) is 14.2. The molecule has 1 atom stereocenters. The second-order valence-electron chi connectivity index (χ2n) is 5.70. The molecule has 0 amide bonds. The van der Waals surface area contributed by atoms with Gasteiger partial charge in [0.05, 0.1) is 26.6 Å². The van der Waals surface area contributed by atoms with E-state index in [0.717, 1.165) is 28.3 Å². The van der Waals surface area contributed by atoms with Gasteiger partial charge < -0.3 is 10.6 Å². The zero-order valence-electron chi connectivity index (χ0n) is 12.4. The quantitative estimate of drug-likeness (QED) is 0.857. The minimum Gasteiger partial charge on any atom is -0.397 e. The highest BCUT2D eigenvalue weighted by Crippen LogP contribution is 2.32. The highest BCUT2D eigenvalue weighted by atomic mass is 32.1. The van der Waals surface area contributed by atoms with Crippen LogP contribution < -0.4 is 10.6 Å². The van der Waals surface area contributed by atoms with Crippen LogP contribution in [0.15, 0.2) is 12.1 Å². The van der Waals surface area contributed by atoms with Crippen LogP contribution in [0, 0.1) is 12.8 Å². The number of nitrogens with zero attached hydrogens (tertiary/aromatic N) is 2. The molecule has 1 aromatic carbocycles. The first-order chi connectivity index (χ1) is 8.88. The summed E-state index contributed by atoms with van der Waals surface area (Å²) in [7, 11) is 2.11. The van der Waals surface area contributed by atoms with Crippen molar-refractivity contribution in [2.24, 2.45) is 5.92 Å². The Bertz CT molecular complexity index is 574. The predicted octanol–water partition coefficient (Wildman–Crippen LogP) is 4.06. The van der Waals surface area contributed by atoms with Crippen LogP contribution in [0.2, 0.25) is 0 Å². The molecule has 2 rings (SSSR count). The lowest BCUT2D eigenvalue weighted by atomic mass is 10.0. The lowest BCUT2D eigenvalue weighted by Crippen LogP contribution is -2.30. The van der Waals surface area contributed by atoms with Gasteiger partial charge in [-0.2, -0.15) is 0 Å². The van der Waals surface area contributed by atoms with E-state index in [-0.39, 0.29) is 0 Å². The molecule has 0 saturated carbocycles. The molecule has 1 heterocycles. The van der Waals surface area contributed by atoms with Gasteiger partial charge in [0.25, 0.3) is 0 Å². The lowest BCUT2D eigenvalue weighted by Gasteiger charge is -2.29. The molecule has 3 nitrogen and oxygen atoms in total. The highest BCUT2D eigenvalue weighted by molar-refractivity contribution is 7.18. The smallest absolute Gasteiger partial charge is 0.0907 e. The summed E-state index contributed by atoms with van der Waals surface area (Å²) in [5, 5.41) is 1.09. The molecule has 0 saturated heterocycles. The summed E-state index contributed by atoms with van der Waals surface area (Å²) < 4.78 is 1.17. The third-order valence-corrected chi connectivity index (χ3v) is 4.43. The Kier molecular flexibility index (Phi) is 3.99. The van der Waals surface area contributed by atoms with E-state index in [2.05, 4.69) is 43.8 Å². The maximum atomic E-state index is 6.20. The van der Waals surface area contributed by atoms with Gasteiger partial charge in [0, 0.05) is 13.1 Å².